The van der Waals surface area contributed by atoms with Crippen molar-refractivity contribution in [2.75, 3.05) is 13.7 Å². The van der Waals surface area contributed by atoms with E-state index in [1.807, 2.05) is 0 Å². The van der Waals surface area contributed by atoms with Crippen molar-refractivity contribution < 1.29 is 30.6 Å². The molecular formula is C7H18N2O6. The minimum Gasteiger partial charge on any atom is -0.394 e. The van der Waals surface area contributed by atoms with Gasteiger partial charge in [-0.05, 0) is 7.05 Å². The van der Waals surface area contributed by atoms with Gasteiger partial charge in [0.15, 0.2) is 5.85 Å². The van der Waals surface area contributed by atoms with E-state index in [4.69, 9.17) is 15.9 Å². The average Bonchev–Trinajstić information content (AvgIpc) is 2.24. The van der Waals surface area contributed by atoms with E-state index < -0.39 is 36.9 Å². The third-order valence-corrected chi connectivity index (χ3v) is 2.11. The van der Waals surface area contributed by atoms with E-state index in [1.165, 1.54) is 7.05 Å². The molecule has 0 aromatic heterocycles. The van der Waals surface area contributed by atoms with Crippen molar-refractivity contribution in [2.45, 2.75) is 30.3 Å². The van der Waals surface area contributed by atoms with E-state index in [9.17, 15) is 20.4 Å². The number of likely N-dealkylation sites (N-methyl/N-ethyl adjacent to an activating group) is 1. The van der Waals surface area contributed by atoms with Crippen LogP contribution in [0.3, 0.4) is 0 Å². The van der Waals surface area contributed by atoms with Gasteiger partial charge in [0.25, 0.3) is 0 Å². The maximum atomic E-state index is 9.32. The zero-order valence-corrected chi connectivity index (χ0v) is 8.28. The highest BCUT2D eigenvalue weighted by molar-refractivity contribution is 4.88. The highest BCUT2D eigenvalue weighted by Gasteiger charge is 2.40. The molecule has 0 bridgehead atoms. The molecule has 0 saturated heterocycles. The Morgan fingerprint density at radius 1 is 1.20 bits per heavy atom. The molecule has 8 heteroatoms. The van der Waals surface area contributed by atoms with E-state index in [1.54, 1.807) is 0 Å². The predicted molar refractivity (Wildman–Crippen MR) is 49.3 cm³/mol. The summed E-state index contributed by atoms with van der Waals surface area (Å²) in [5.41, 5.74) is 5.12. The van der Waals surface area contributed by atoms with Gasteiger partial charge in [-0.1, -0.05) is 0 Å². The number of hydrogen-bond acceptors (Lipinski definition) is 8. The lowest BCUT2D eigenvalue weighted by Crippen LogP contribution is -2.66. The maximum Gasteiger partial charge on any atom is 0.198 e. The van der Waals surface area contributed by atoms with Crippen LogP contribution in [0.4, 0.5) is 0 Å². The second-order valence-corrected chi connectivity index (χ2v) is 3.25. The summed E-state index contributed by atoms with van der Waals surface area (Å²) in [6, 6.07) is 0. The number of hydrogen-bond donors (Lipinski definition) is 8. The molecule has 0 aromatic rings. The van der Waals surface area contributed by atoms with Crippen molar-refractivity contribution in [1.82, 2.24) is 5.32 Å². The summed E-state index contributed by atoms with van der Waals surface area (Å²) in [6.45, 7) is -0.798. The Morgan fingerprint density at radius 2 is 1.67 bits per heavy atom. The quantitative estimate of drug-likeness (QED) is 0.209. The normalized spacial score (nSPS) is 24.0. The Kier molecular flexibility index (Phi) is 5.56. The van der Waals surface area contributed by atoms with Crippen molar-refractivity contribution in [2.24, 2.45) is 5.73 Å². The van der Waals surface area contributed by atoms with Crippen LogP contribution >= 0.6 is 0 Å². The number of aliphatic hydroxyl groups excluding tert-OH is 5. The van der Waals surface area contributed by atoms with Gasteiger partial charge in [0.1, 0.15) is 24.4 Å². The third-order valence-electron chi connectivity index (χ3n) is 2.11. The Hall–Kier alpha value is -0.320. The van der Waals surface area contributed by atoms with E-state index >= 15 is 0 Å². The lowest BCUT2D eigenvalue weighted by atomic mass is 10.00. The van der Waals surface area contributed by atoms with E-state index in [2.05, 4.69) is 5.32 Å². The molecule has 0 rings (SSSR count). The summed E-state index contributed by atoms with van der Waals surface area (Å²) in [5, 5.41) is 56.6. The summed E-state index contributed by atoms with van der Waals surface area (Å²) >= 11 is 0. The van der Waals surface area contributed by atoms with Gasteiger partial charge in [0.05, 0.1) is 6.61 Å². The fraction of sp³-hybridized carbons (Fsp3) is 1.00. The summed E-state index contributed by atoms with van der Waals surface area (Å²) in [5.74, 6) is -2.31. The van der Waals surface area contributed by atoms with Crippen molar-refractivity contribution >= 4 is 0 Å². The molecule has 15 heavy (non-hydrogen) atoms. The molecule has 0 aliphatic carbocycles. The second-order valence-electron chi connectivity index (χ2n) is 3.25. The molecular weight excluding hydrogens is 208 g/mol. The van der Waals surface area contributed by atoms with Crippen molar-refractivity contribution in [3.63, 3.8) is 0 Å². The summed E-state index contributed by atoms with van der Waals surface area (Å²) in [7, 11) is 1.23. The van der Waals surface area contributed by atoms with Crippen LogP contribution in [-0.2, 0) is 0 Å². The van der Waals surface area contributed by atoms with Gasteiger partial charge in [-0.3, -0.25) is 11.1 Å². The van der Waals surface area contributed by atoms with Crippen LogP contribution in [0.5, 0.6) is 0 Å². The largest absolute Gasteiger partial charge is 0.394 e. The Balaban J connectivity index is 4.50. The molecule has 0 radical (unpaired) electrons. The molecule has 0 heterocycles. The topological polar surface area (TPSA) is 159 Å². The van der Waals surface area contributed by atoms with Crippen LogP contribution in [0.15, 0.2) is 0 Å². The van der Waals surface area contributed by atoms with Crippen molar-refractivity contribution in [1.29, 1.82) is 0 Å². The van der Waals surface area contributed by atoms with Crippen molar-refractivity contribution in [3.05, 3.63) is 0 Å². The molecule has 0 fully saturated rings. The molecule has 9 N–H and O–H groups in total. The molecule has 0 spiro atoms. The Bertz CT molecular complexity index is 190. The molecule has 0 saturated carbocycles. The SMILES string of the molecule is CNC(N)(O)[C@H](O)[C@@H](O)[C@H](O)[C@H](O)CO. The highest BCUT2D eigenvalue weighted by atomic mass is 16.4. The third kappa shape index (κ3) is 3.63. The van der Waals surface area contributed by atoms with Gasteiger partial charge in [-0.2, -0.15) is 0 Å². The molecule has 8 nitrogen and oxygen atoms in total. The fourth-order valence-electron chi connectivity index (χ4n) is 0.931. The lowest BCUT2D eigenvalue weighted by Gasteiger charge is -2.34. The molecule has 0 aliphatic rings. The van der Waals surface area contributed by atoms with Crippen LogP contribution < -0.4 is 11.1 Å². The number of nitrogens with two attached hydrogens (primary N) is 1. The number of rotatable bonds is 6. The van der Waals surface area contributed by atoms with Gasteiger partial charge in [-0.25, -0.2) is 0 Å². The zero-order chi connectivity index (χ0) is 12.2. The van der Waals surface area contributed by atoms with Gasteiger partial charge < -0.3 is 30.6 Å². The zero-order valence-electron chi connectivity index (χ0n) is 8.28. The molecule has 0 aliphatic heterocycles. The first-order valence-corrected chi connectivity index (χ1v) is 4.31. The number of nitrogens with one attached hydrogen (secondary N) is 1. The van der Waals surface area contributed by atoms with Gasteiger partial charge in [-0.15, -0.1) is 0 Å². The molecule has 0 amide bonds. The molecule has 0 aromatic carbocycles. The van der Waals surface area contributed by atoms with E-state index in [0.29, 0.717) is 0 Å². The standard InChI is InChI=1S/C7H18N2O6/c1-9-7(8,15)6(14)5(13)4(12)3(11)2-10/h3-6,9-15H,2,8H2,1H3/t3-,4-,5+,6-,7?/m1/s1. The Morgan fingerprint density at radius 3 is 2.00 bits per heavy atom. The first-order valence-electron chi connectivity index (χ1n) is 4.31. The molecule has 5 atom stereocenters. The summed E-state index contributed by atoms with van der Waals surface area (Å²) in [6.07, 6.45) is -7.30. The van der Waals surface area contributed by atoms with Gasteiger partial charge >= 0.3 is 0 Å². The molecule has 1 unspecified atom stereocenters. The van der Waals surface area contributed by atoms with Gasteiger partial charge in [0.2, 0.25) is 0 Å². The lowest BCUT2D eigenvalue weighted by molar-refractivity contribution is -0.179. The fourth-order valence-corrected chi connectivity index (χ4v) is 0.931. The first-order chi connectivity index (χ1) is 6.77. The van der Waals surface area contributed by atoms with Gasteiger partial charge in [0, 0.05) is 0 Å². The highest BCUT2D eigenvalue weighted by Crippen LogP contribution is 2.10. The van der Waals surface area contributed by atoms with Crippen LogP contribution in [0, 0.1) is 0 Å². The Labute approximate surface area is 86.6 Å². The van der Waals surface area contributed by atoms with Crippen molar-refractivity contribution in [3.8, 4) is 0 Å². The maximum absolute atomic E-state index is 9.32. The summed E-state index contributed by atoms with van der Waals surface area (Å²) in [4.78, 5) is 0. The molecule has 92 valence electrons. The van der Waals surface area contributed by atoms with Crippen LogP contribution in [-0.4, -0.2) is 74.6 Å². The van der Waals surface area contributed by atoms with Crippen LogP contribution in [0.1, 0.15) is 0 Å². The van der Waals surface area contributed by atoms with Crippen LogP contribution in [0.25, 0.3) is 0 Å². The van der Waals surface area contributed by atoms with E-state index in [0.717, 1.165) is 0 Å². The van der Waals surface area contributed by atoms with E-state index in [-0.39, 0.29) is 0 Å². The monoisotopic (exact) mass is 226 g/mol. The summed E-state index contributed by atoms with van der Waals surface area (Å²) < 4.78 is 0. The average molecular weight is 226 g/mol. The van der Waals surface area contributed by atoms with Crippen LogP contribution in [0.2, 0.25) is 0 Å². The first kappa shape index (κ1) is 14.7. The minimum atomic E-state index is -2.31. The smallest absolute Gasteiger partial charge is 0.198 e. The minimum absolute atomic E-state index is 0.798. The predicted octanol–water partition coefficient (Wildman–Crippen LogP) is -4.75. The second kappa shape index (κ2) is 5.68. The number of aliphatic hydroxyl groups is 6.